The third-order valence-electron chi connectivity index (χ3n) is 5.66. The minimum absolute atomic E-state index is 0.0130. The van der Waals surface area contributed by atoms with E-state index in [2.05, 4.69) is 33.4 Å². The fourth-order valence-electron chi connectivity index (χ4n) is 3.69. The number of benzene rings is 2. The molecule has 0 saturated carbocycles. The van der Waals surface area contributed by atoms with Gasteiger partial charge in [-0.05, 0) is 49.2 Å². The van der Waals surface area contributed by atoms with Crippen LogP contribution in [-0.4, -0.2) is 60.4 Å². The molecular formula is C24H29N5O2. The number of amides is 2. The highest BCUT2D eigenvalue weighted by atomic mass is 16.2. The molecule has 0 aromatic heterocycles. The van der Waals surface area contributed by atoms with Crippen molar-refractivity contribution in [3.8, 4) is 6.07 Å². The van der Waals surface area contributed by atoms with Gasteiger partial charge in [0.2, 0.25) is 11.8 Å². The molecule has 0 spiro atoms. The normalized spacial score (nSPS) is 15.6. The Balaban J connectivity index is 1.45. The summed E-state index contributed by atoms with van der Waals surface area (Å²) >= 11 is 0. The summed E-state index contributed by atoms with van der Waals surface area (Å²) in [6, 6.07) is 16.5. The largest absolute Gasteiger partial charge is 0.325 e. The van der Waals surface area contributed by atoms with E-state index in [4.69, 9.17) is 5.26 Å². The van der Waals surface area contributed by atoms with Gasteiger partial charge in [0.25, 0.3) is 0 Å². The number of para-hydroxylation sites is 1. The molecule has 2 aromatic carbocycles. The number of piperazine rings is 1. The smallest absolute Gasteiger partial charge is 0.241 e. The quantitative estimate of drug-likeness (QED) is 0.720. The summed E-state index contributed by atoms with van der Waals surface area (Å²) in [5.74, 6) is -0.0898. The summed E-state index contributed by atoms with van der Waals surface area (Å²) in [6.45, 7) is 7.22. The second-order valence-electron chi connectivity index (χ2n) is 7.73. The van der Waals surface area contributed by atoms with Crippen molar-refractivity contribution >= 4 is 23.2 Å². The summed E-state index contributed by atoms with van der Waals surface area (Å²) in [5.41, 5.74) is 3.24. The van der Waals surface area contributed by atoms with Crippen LogP contribution >= 0.6 is 0 Å². The first kappa shape index (κ1) is 22.5. The molecular weight excluding hydrogens is 390 g/mol. The molecule has 1 aliphatic rings. The number of nitrogens with zero attached hydrogens (tertiary/aromatic N) is 3. The van der Waals surface area contributed by atoms with Crippen LogP contribution in [0.3, 0.4) is 0 Å². The van der Waals surface area contributed by atoms with Gasteiger partial charge in [0.1, 0.15) is 0 Å². The van der Waals surface area contributed by atoms with E-state index in [0.717, 1.165) is 43.9 Å². The molecule has 1 saturated heterocycles. The van der Waals surface area contributed by atoms with E-state index in [1.807, 2.05) is 31.2 Å². The van der Waals surface area contributed by atoms with Gasteiger partial charge in [-0.15, -0.1) is 0 Å². The highest BCUT2D eigenvalue weighted by Crippen LogP contribution is 2.16. The Bertz CT molecular complexity index is 943. The lowest BCUT2D eigenvalue weighted by molar-refractivity contribution is -0.122. The molecule has 2 N–H and O–H groups in total. The van der Waals surface area contributed by atoms with E-state index < -0.39 is 0 Å². The maximum atomic E-state index is 12.6. The lowest BCUT2D eigenvalue weighted by atomic mass is 10.1. The van der Waals surface area contributed by atoms with Crippen molar-refractivity contribution in [2.24, 2.45) is 0 Å². The molecule has 1 fully saturated rings. The van der Waals surface area contributed by atoms with Crippen LogP contribution in [0.15, 0.2) is 48.5 Å². The summed E-state index contributed by atoms with van der Waals surface area (Å²) in [6.07, 6.45) is 0.873. The lowest BCUT2D eigenvalue weighted by Crippen LogP contribution is -2.53. The van der Waals surface area contributed by atoms with Crippen molar-refractivity contribution in [1.82, 2.24) is 9.80 Å². The Morgan fingerprint density at radius 1 is 1.03 bits per heavy atom. The molecule has 7 heteroatoms. The fourth-order valence-corrected chi connectivity index (χ4v) is 3.69. The SMILES string of the molecule is CCc1ccccc1NC(=O)CN1CCN(C(C)C(=O)Nc2ccc(C#N)cc2)CC1. The van der Waals surface area contributed by atoms with E-state index in [0.29, 0.717) is 17.8 Å². The van der Waals surface area contributed by atoms with E-state index in [1.54, 1.807) is 24.3 Å². The van der Waals surface area contributed by atoms with Crippen LogP contribution in [0.5, 0.6) is 0 Å². The maximum absolute atomic E-state index is 12.6. The number of nitriles is 1. The molecule has 31 heavy (non-hydrogen) atoms. The first-order valence-electron chi connectivity index (χ1n) is 10.7. The van der Waals surface area contributed by atoms with Gasteiger partial charge < -0.3 is 10.6 Å². The van der Waals surface area contributed by atoms with Crippen molar-refractivity contribution in [1.29, 1.82) is 5.26 Å². The predicted molar refractivity (Wildman–Crippen MR) is 122 cm³/mol. The zero-order valence-corrected chi connectivity index (χ0v) is 18.1. The van der Waals surface area contributed by atoms with Crippen LogP contribution < -0.4 is 10.6 Å². The Hall–Kier alpha value is -3.21. The molecule has 2 amide bonds. The van der Waals surface area contributed by atoms with Crippen LogP contribution in [0.25, 0.3) is 0 Å². The minimum atomic E-state index is -0.275. The Morgan fingerprint density at radius 2 is 1.71 bits per heavy atom. The minimum Gasteiger partial charge on any atom is -0.325 e. The first-order valence-corrected chi connectivity index (χ1v) is 10.7. The third kappa shape index (κ3) is 6.14. The van der Waals surface area contributed by atoms with Crippen LogP contribution in [0.1, 0.15) is 25.0 Å². The maximum Gasteiger partial charge on any atom is 0.241 e. The topological polar surface area (TPSA) is 88.5 Å². The highest BCUT2D eigenvalue weighted by Gasteiger charge is 2.26. The Kier molecular flexibility index (Phi) is 7.76. The van der Waals surface area contributed by atoms with Gasteiger partial charge in [0.05, 0.1) is 24.2 Å². The van der Waals surface area contributed by atoms with Crippen LogP contribution in [-0.2, 0) is 16.0 Å². The number of carbonyl (C=O) groups is 2. The molecule has 0 radical (unpaired) electrons. The summed E-state index contributed by atoms with van der Waals surface area (Å²) in [4.78, 5) is 29.3. The first-order chi connectivity index (χ1) is 15.0. The van der Waals surface area contributed by atoms with Gasteiger partial charge in [-0.25, -0.2) is 0 Å². The molecule has 1 aliphatic heterocycles. The molecule has 2 aromatic rings. The molecule has 162 valence electrons. The Morgan fingerprint density at radius 3 is 2.35 bits per heavy atom. The van der Waals surface area contributed by atoms with Crippen molar-refractivity contribution in [2.45, 2.75) is 26.3 Å². The van der Waals surface area contributed by atoms with Gasteiger partial charge in [0.15, 0.2) is 0 Å². The fraction of sp³-hybridized carbons (Fsp3) is 0.375. The highest BCUT2D eigenvalue weighted by molar-refractivity contribution is 5.94. The predicted octanol–water partition coefficient (Wildman–Crippen LogP) is 2.70. The number of anilines is 2. The summed E-state index contributed by atoms with van der Waals surface area (Å²) in [5, 5.41) is 14.8. The average molecular weight is 420 g/mol. The summed E-state index contributed by atoms with van der Waals surface area (Å²) < 4.78 is 0. The van der Waals surface area contributed by atoms with Crippen molar-refractivity contribution in [2.75, 3.05) is 43.4 Å². The third-order valence-corrected chi connectivity index (χ3v) is 5.66. The number of rotatable bonds is 7. The molecule has 3 rings (SSSR count). The van der Waals surface area contributed by atoms with E-state index in [9.17, 15) is 9.59 Å². The van der Waals surface area contributed by atoms with E-state index in [-0.39, 0.29) is 17.9 Å². The monoisotopic (exact) mass is 419 g/mol. The molecule has 0 aliphatic carbocycles. The number of aryl methyl sites for hydroxylation is 1. The zero-order valence-electron chi connectivity index (χ0n) is 18.1. The molecule has 0 bridgehead atoms. The number of nitrogens with one attached hydrogen (secondary N) is 2. The Labute approximate surface area is 183 Å². The van der Waals surface area contributed by atoms with Crippen LogP contribution in [0.2, 0.25) is 0 Å². The average Bonchev–Trinajstić information content (AvgIpc) is 2.80. The lowest BCUT2D eigenvalue weighted by Gasteiger charge is -2.37. The van der Waals surface area contributed by atoms with Gasteiger partial charge >= 0.3 is 0 Å². The van der Waals surface area contributed by atoms with Gasteiger partial charge in [-0.1, -0.05) is 25.1 Å². The molecule has 1 atom stereocenters. The molecule has 7 nitrogen and oxygen atoms in total. The van der Waals surface area contributed by atoms with Crippen LogP contribution in [0, 0.1) is 11.3 Å². The van der Waals surface area contributed by atoms with E-state index >= 15 is 0 Å². The standard InChI is InChI=1S/C24H29N5O2/c1-3-20-6-4-5-7-22(20)27-23(30)17-28-12-14-29(15-13-28)18(2)24(31)26-21-10-8-19(16-25)9-11-21/h4-11,18H,3,12-15,17H2,1-2H3,(H,26,31)(H,27,30). The number of hydrogen-bond acceptors (Lipinski definition) is 5. The molecule has 1 unspecified atom stereocenters. The van der Waals surface area contributed by atoms with Crippen molar-refractivity contribution < 1.29 is 9.59 Å². The second kappa shape index (κ2) is 10.7. The van der Waals surface area contributed by atoms with Crippen molar-refractivity contribution in [3.63, 3.8) is 0 Å². The second-order valence-corrected chi connectivity index (χ2v) is 7.73. The van der Waals surface area contributed by atoms with Gasteiger partial charge in [-0.3, -0.25) is 19.4 Å². The van der Waals surface area contributed by atoms with E-state index in [1.165, 1.54) is 0 Å². The van der Waals surface area contributed by atoms with Crippen LogP contribution in [0.4, 0.5) is 11.4 Å². The van der Waals surface area contributed by atoms with Crippen molar-refractivity contribution in [3.05, 3.63) is 59.7 Å². The molecule has 1 heterocycles. The summed E-state index contributed by atoms with van der Waals surface area (Å²) in [7, 11) is 0. The number of hydrogen-bond donors (Lipinski definition) is 2. The van der Waals surface area contributed by atoms with Gasteiger partial charge in [0, 0.05) is 37.6 Å². The van der Waals surface area contributed by atoms with Gasteiger partial charge in [-0.2, -0.15) is 5.26 Å². The number of carbonyl (C=O) groups excluding carboxylic acids is 2. The zero-order chi connectivity index (χ0) is 22.2.